The summed E-state index contributed by atoms with van der Waals surface area (Å²) in [6.45, 7) is 0.843. The fourth-order valence-electron chi connectivity index (χ4n) is 2.35. The highest BCUT2D eigenvalue weighted by atomic mass is 19.1. The van der Waals surface area contributed by atoms with Crippen molar-refractivity contribution in [2.75, 3.05) is 13.2 Å². The van der Waals surface area contributed by atoms with E-state index in [0.29, 0.717) is 18.9 Å². The zero-order valence-corrected chi connectivity index (χ0v) is 12.5. The third-order valence-corrected chi connectivity index (χ3v) is 4.01. The van der Waals surface area contributed by atoms with E-state index in [9.17, 15) is 9.18 Å². The summed E-state index contributed by atoms with van der Waals surface area (Å²) < 4.78 is 18.8. The van der Waals surface area contributed by atoms with Gasteiger partial charge >= 0.3 is 6.09 Å². The first-order chi connectivity index (χ1) is 11.1. The Bertz CT molecular complexity index is 699. The minimum Gasteiger partial charge on any atom is -0.491 e. The number of amides is 1. The lowest BCUT2D eigenvalue weighted by atomic mass is 10.1. The molecule has 2 N–H and O–H groups in total. The van der Waals surface area contributed by atoms with E-state index >= 15 is 0 Å². The normalized spacial score (nSPS) is 15.0. The average molecular weight is 316 g/mol. The largest absolute Gasteiger partial charge is 0.491 e. The summed E-state index contributed by atoms with van der Waals surface area (Å²) in [4.78, 5) is 14.7. The van der Waals surface area contributed by atoms with Crippen molar-refractivity contribution in [2.24, 2.45) is 5.41 Å². The Balaban J connectivity index is 1.64. The molecule has 0 radical (unpaired) electrons. The molecule has 5 nitrogen and oxygen atoms in total. The molecule has 6 heteroatoms. The number of carbonyl (C=O) groups is 1. The van der Waals surface area contributed by atoms with E-state index in [1.54, 1.807) is 24.5 Å². The van der Waals surface area contributed by atoms with Crippen LogP contribution in [0.15, 0.2) is 42.7 Å². The Hall–Kier alpha value is -2.63. The molecule has 0 bridgehead atoms. The van der Waals surface area contributed by atoms with Crippen LogP contribution in [0.2, 0.25) is 0 Å². The number of pyridine rings is 1. The van der Waals surface area contributed by atoms with Gasteiger partial charge in [-0.25, -0.2) is 9.18 Å². The minimum atomic E-state index is -1.02. The molecule has 0 saturated heterocycles. The van der Waals surface area contributed by atoms with Crippen molar-refractivity contribution in [1.82, 2.24) is 10.3 Å². The van der Waals surface area contributed by atoms with Crippen molar-refractivity contribution in [3.63, 3.8) is 0 Å². The van der Waals surface area contributed by atoms with Gasteiger partial charge in [-0.3, -0.25) is 4.98 Å². The number of rotatable bonds is 6. The van der Waals surface area contributed by atoms with E-state index in [1.807, 2.05) is 6.07 Å². The van der Waals surface area contributed by atoms with Gasteiger partial charge in [0.1, 0.15) is 11.6 Å². The van der Waals surface area contributed by atoms with E-state index in [0.717, 1.165) is 24.0 Å². The number of hydrogen-bond donors (Lipinski definition) is 2. The lowest BCUT2D eigenvalue weighted by molar-refractivity contribution is 0.184. The number of nitrogens with zero attached hydrogens (tertiary/aromatic N) is 1. The van der Waals surface area contributed by atoms with Crippen LogP contribution in [-0.2, 0) is 0 Å². The number of hydrogen-bond acceptors (Lipinski definition) is 3. The number of carboxylic acid groups (broad SMARTS) is 1. The Morgan fingerprint density at radius 1 is 1.26 bits per heavy atom. The Kier molecular flexibility index (Phi) is 4.14. The number of nitrogens with one attached hydrogen (secondary N) is 1. The van der Waals surface area contributed by atoms with E-state index < -0.39 is 6.09 Å². The van der Waals surface area contributed by atoms with Crippen LogP contribution in [-0.4, -0.2) is 29.3 Å². The molecule has 1 aliphatic rings. The van der Waals surface area contributed by atoms with Gasteiger partial charge in [0.05, 0.1) is 12.8 Å². The summed E-state index contributed by atoms with van der Waals surface area (Å²) in [6.07, 6.45) is 4.18. The highest BCUT2D eigenvalue weighted by Gasteiger charge is 2.43. The van der Waals surface area contributed by atoms with Crippen LogP contribution < -0.4 is 10.1 Å². The van der Waals surface area contributed by atoms with Crippen molar-refractivity contribution in [1.29, 1.82) is 0 Å². The van der Waals surface area contributed by atoms with Crippen molar-refractivity contribution >= 4 is 6.09 Å². The maximum atomic E-state index is 13.0. The van der Waals surface area contributed by atoms with Crippen LogP contribution >= 0.6 is 0 Å². The van der Waals surface area contributed by atoms with Gasteiger partial charge in [-0.15, -0.1) is 0 Å². The molecule has 0 unspecified atom stereocenters. The maximum absolute atomic E-state index is 13.0. The molecule has 3 rings (SSSR count). The van der Waals surface area contributed by atoms with Crippen LogP contribution in [0.4, 0.5) is 9.18 Å². The van der Waals surface area contributed by atoms with E-state index in [4.69, 9.17) is 9.84 Å². The highest BCUT2D eigenvalue weighted by molar-refractivity contribution is 5.64. The van der Waals surface area contributed by atoms with Crippen LogP contribution in [0, 0.1) is 11.2 Å². The molecule has 1 heterocycles. The second kappa shape index (κ2) is 6.24. The fourth-order valence-corrected chi connectivity index (χ4v) is 2.35. The molecule has 0 aliphatic heterocycles. The lowest BCUT2D eigenvalue weighted by Crippen LogP contribution is -2.31. The molecule has 2 aromatic rings. The van der Waals surface area contributed by atoms with Crippen molar-refractivity contribution in [3.8, 4) is 16.9 Å². The van der Waals surface area contributed by atoms with Gasteiger partial charge in [-0.2, -0.15) is 0 Å². The molecule has 120 valence electrons. The Labute approximate surface area is 133 Å². The predicted molar refractivity (Wildman–Crippen MR) is 82.8 cm³/mol. The predicted octanol–water partition coefficient (Wildman–Crippen LogP) is 3.31. The van der Waals surface area contributed by atoms with Crippen molar-refractivity contribution in [3.05, 3.63) is 48.5 Å². The smallest absolute Gasteiger partial charge is 0.404 e. The van der Waals surface area contributed by atoms with Crippen LogP contribution in [0.3, 0.4) is 0 Å². The van der Waals surface area contributed by atoms with Crippen molar-refractivity contribution in [2.45, 2.75) is 12.8 Å². The Morgan fingerprint density at radius 3 is 2.65 bits per heavy atom. The second-order valence-corrected chi connectivity index (χ2v) is 5.86. The first-order valence-corrected chi connectivity index (χ1v) is 7.37. The van der Waals surface area contributed by atoms with Crippen molar-refractivity contribution < 1.29 is 19.0 Å². The summed E-state index contributed by atoms with van der Waals surface area (Å²) in [5.74, 6) is 0.337. The van der Waals surface area contributed by atoms with Gasteiger partial charge in [0, 0.05) is 23.7 Å². The summed E-state index contributed by atoms with van der Waals surface area (Å²) in [5.41, 5.74) is 1.60. The third kappa shape index (κ3) is 3.97. The van der Waals surface area contributed by atoms with Gasteiger partial charge in [-0.05, 0) is 36.6 Å². The summed E-state index contributed by atoms with van der Waals surface area (Å²) in [7, 11) is 0. The van der Waals surface area contributed by atoms with Crippen LogP contribution in [0.1, 0.15) is 12.8 Å². The van der Waals surface area contributed by atoms with E-state index in [2.05, 4.69) is 10.3 Å². The van der Waals surface area contributed by atoms with Gasteiger partial charge in [-0.1, -0.05) is 12.1 Å². The van der Waals surface area contributed by atoms with Gasteiger partial charge in [0.25, 0.3) is 0 Å². The number of halogens is 1. The molecular formula is C17H17FN2O3. The van der Waals surface area contributed by atoms with Crippen LogP contribution in [0.25, 0.3) is 11.1 Å². The molecule has 1 aromatic heterocycles. The summed E-state index contributed by atoms with van der Waals surface area (Å²) >= 11 is 0. The topological polar surface area (TPSA) is 71.5 Å². The van der Waals surface area contributed by atoms with E-state index in [1.165, 1.54) is 12.1 Å². The maximum Gasteiger partial charge on any atom is 0.404 e. The van der Waals surface area contributed by atoms with Gasteiger partial charge in [0.2, 0.25) is 0 Å². The first-order valence-electron chi connectivity index (χ1n) is 7.37. The molecule has 1 saturated carbocycles. The average Bonchev–Trinajstić information content (AvgIpc) is 3.33. The molecule has 0 atom stereocenters. The first kappa shape index (κ1) is 15.3. The second-order valence-electron chi connectivity index (χ2n) is 5.86. The van der Waals surface area contributed by atoms with Gasteiger partial charge < -0.3 is 15.2 Å². The van der Waals surface area contributed by atoms with Gasteiger partial charge in [0.15, 0.2) is 0 Å². The SMILES string of the molecule is O=C(O)NCC1(COc2cncc(-c3ccc(F)cc3)c2)CC1. The summed E-state index contributed by atoms with van der Waals surface area (Å²) in [5, 5.41) is 11.1. The quantitative estimate of drug-likeness (QED) is 0.857. The minimum absolute atomic E-state index is 0.107. The Morgan fingerprint density at radius 2 is 2.00 bits per heavy atom. The number of aromatic nitrogens is 1. The summed E-state index contributed by atoms with van der Waals surface area (Å²) in [6, 6.07) is 8.03. The highest BCUT2D eigenvalue weighted by Crippen LogP contribution is 2.45. The number of ether oxygens (including phenoxy) is 1. The van der Waals surface area contributed by atoms with E-state index in [-0.39, 0.29) is 11.2 Å². The molecule has 1 amide bonds. The molecule has 0 spiro atoms. The van der Waals surface area contributed by atoms with Crippen LogP contribution in [0.5, 0.6) is 5.75 Å². The monoisotopic (exact) mass is 316 g/mol. The molecule has 23 heavy (non-hydrogen) atoms. The zero-order valence-electron chi connectivity index (χ0n) is 12.5. The molecule has 1 aliphatic carbocycles. The zero-order chi connectivity index (χ0) is 16.3. The fraction of sp³-hybridized carbons (Fsp3) is 0.294. The number of benzene rings is 1. The lowest BCUT2D eigenvalue weighted by Gasteiger charge is -2.16. The molecular weight excluding hydrogens is 299 g/mol. The standard InChI is InChI=1S/C17H17FN2O3/c18-14-3-1-12(2-4-14)13-7-15(9-19-8-13)23-11-17(5-6-17)10-20-16(21)22/h1-4,7-9,20H,5-6,10-11H2,(H,21,22). The molecule has 1 fully saturated rings. The third-order valence-electron chi connectivity index (χ3n) is 4.01. The molecule has 1 aromatic carbocycles.